The van der Waals surface area contributed by atoms with Crippen LogP contribution >= 0.6 is 0 Å². The van der Waals surface area contributed by atoms with Gasteiger partial charge in [0.05, 0.1) is 17.7 Å². The summed E-state index contributed by atoms with van der Waals surface area (Å²) in [5.74, 6) is 0.175. The average molecular weight is 474 g/mol. The number of unbranched alkanes of at least 4 members (excludes halogenated alkanes) is 10. The van der Waals surface area contributed by atoms with E-state index in [9.17, 15) is 9.59 Å². The molecule has 0 radical (unpaired) electrons. The first-order chi connectivity index (χ1) is 16.5. The SMILES string of the molecule is CCCCCCCCN(CCCCCCCC)C(=O)c1ccccc1C(=O)OCCCC(C)C. The predicted octanol–water partition coefficient (Wildman–Crippen LogP) is 8.44. The van der Waals surface area contributed by atoms with Gasteiger partial charge in [0.2, 0.25) is 0 Å². The molecule has 0 spiro atoms. The highest BCUT2D eigenvalue weighted by Gasteiger charge is 2.22. The van der Waals surface area contributed by atoms with E-state index < -0.39 is 0 Å². The first-order valence-corrected chi connectivity index (χ1v) is 14.1. The second-order valence-electron chi connectivity index (χ2n) is 10.0. The minimum Gasteiger partial charge on any atom is -0.462 e. The number of amides is 1. The second kappa shape index (κ2) is 19.5. The van der Waals surface area contributed by atoms with Crippen molar-refractivity contribution in [3.63, 3.8) is 0 Å². The summed E-state index contributed by atoms with van der Waals surface area (Å²) >= 11 is 0. The summed E-state index contributed by atoms with van der Waals surface area (Å²) in [7, 11) is 0. The molecule has 0 aliphatic rings. The van der Waals surface area contributed by atoms with Crippen molar-refractivity contribution >= 4 is 11.9 Å². The molecular formula is C30H51NO3. The highest BCUT2D eigenvalue weighted by atomic mass is 16.5. The van der Waals surface area contributed by atoms with Crippen molar-refractivity contribution < 1.29 is 14.3 Å². The summed E-state index contributed by atoms with van der Waals surface area (Å²) in [6.45, 7) is 10.7. The Morgan fingerprint density at radius 2 is 1.24 bits per heavy atom. The smallest absolute Gasteiger partial charge is 0.338 e. The zero-order valence-corrected chi connectivity index (χ0v) is 22.6. The quantitative estimate of drug-likeness (QED) is 0.141. The number of hydrogen-bond acceptors (Lipinski definition) is 3. The molecule has 0 aliphatic carbocycles. The van der Waals surface area contributed by atoms with E-state index in [0.717, 1.165) is 51.6 Å². The zero-order valence-electron chi connectivity index (χ0n) is 22.6. The van der Waals surface area contributed by atoms with Gasteiger partial charge in [0.15, 0.2) is 0 Å². The zero-order chi connectivity index (χ0) is 25.0. The van der Waals surface area contributed by atoms with E-state index in [4.69, 9.17) is 4.74 Å². The van der Waals surface area contributed by atoms with Gasteiger partial charge in [0.1, 0.15) is 0 Å². The number of esters is 1. The Kier molecular flexibility index (Phi) is 17.3. The number of benzene rings is 1. The van der Waals surface area contributed by atoms with E-state index in [2.05, 4.69) is 27.7 Å². The predicted molar refractivity (Wildman–Crippen MR) is 143 cm³/mol. The van der Waals surface area contributed by atoms with E-state index in [-0.39, 0.29) is 11.9 Å². The van der Waals surface area contributed by atoms with Crippen LogP contribution in [0.4, 0.5) is 0 Å². The third-order valence-corrected chi connectivity index (χ3v) is 6.39. The molecule has 0 unspecified atom stereocenters. The third-order valence-electron chi connectivity index (χ3n) is 6.39. The Hall–Kier alpha value is -1.84. The monoisotopic (exact) mass is 473 g/mol. The van der Waals surface area contributed by atoms with Crippen LogP contribution in [0.1, 0.15) is 138 Å². The van der Waals surface area contributed by atoms with Gasteiger partial charge < -0.3 is 9.64 Å². The highest BCUT2D eigenvalue weighted by molar-refractivity contribution is 6.05. The number of hydrogen-bond donors (Lipinski definition) is 0. The minimum atomic E-state index is -0.383. The molecule has 0 saturated carbocycles. The molecule has 4 nitrogen and oxygen atoms in total. The van der Waals surface area contributed by atoms with Crippen LogP contribution in [0.3, 0.4) is 0 Å². The van der Waals surface area contributed by atoms with E-state index in [1.165, 1.54) is 51.4 Å². The lowest BCUT2D eigenvalue weighted by molar-refractivity contribution is 0.0487. The van der Waals surface area contributed by atoms with Crippen LogP contribution in [-0.4, -0.2) is 36.5 Å². The van der Waals surface area contributed by atoms with E-state index in [1.807, 2.05) is 17.0 Å². The molecule has 0 heterocycles. The molecule has 0 bridgehead atoms. The summed E-state index contributed by atoms with van der Waals surface area (Å²) in [5, 5.41) is 0. The summed E-state index contributed by atoms with van der Waals surface area (Å²) in [6.07, 6.45) is 16.3. The fourth-order valence-corrected chi connectivity index (χ4v) is 4.23. The van der Waals surface area contributed by atoms with Crippen LogP contribution < -0.4 is 0 Å². The number of carbonyl (C=O) groups is 2. The van der Waals surface area contributed by atoms with Gasteiger partial charge in [-0.3, -0.25) is 4.79 Å². The fraction of sp³-hybridized carbons (Fsp3) is 0.733. The molecule has 194 valence electrons. The standard InChI is InChI=1S/C30H51NO3/c1-5-7-9-11-13-17-23-31(24-18-14-12-10-8-6-2)29(32)27-21-15-16-22-28(27)30(33)34-25-19-20-26(3)4/h15-16,21-22,26H,5-14,17-20,23-25H2,1-4H3. The first-order valence-electron chi connectivity index (χ1n) is 14.1. The maximum absolute atomic E-state index is 13.5. The normalized spacial score (nSPS) is 11.1. The van der Waals surface area contributed by atoms with E-state index >= 15 is 0 Å². The molecule has 0 atom stereocenters. The lowest BCUT2D eigenvalue weighted by Gasteiger charge is -2.24. The highest BCUT2D eigenvalue weighted by Crippen LogP contribution is 2.17. The van der Waals surface area contributed by atoms with Gasteiger partial charge in [-0.15, -0.1) is 0 Å². The molecule has 4 heteroatoms. The maximum atomic E-state index is 13.5. The number of rotatable bonds is 20. The van der Waals surface area contributed by atoms with Crippen molar-refractivity contribution in [2.45, 2.75) is 118 Å². The van der Waals surface area contributed by atoms with Gasteiger partial charge >= 0.3 is 5.97 Å². The molecule has 1 aromatic rings. The van der Waals surface area contributed by atoms with Gasteiger partial charge in [0, 0.05) is 13.1 Å². The molecule has 1 rings (SSSR count). The van der Waals surface area contributed by atoms with Crippen molar-refractivity contribution in [1.29, 1.82) is 0 Å². The summed E-state index contributed by atoms with van der Waals surface area (Å²) in [5.41, 5.74) is 0.876. The van der Waals surface area contributed by atoms with Gasteiger partial charge in [-0.1, -0.05) is 104 Å². The summed E-state index contributed by atoms with van der Waals surface area (Å²) < 4.78 is 5.51. The Balaban J connectivity index is 2.76. The van der Waals surface area contributed by atoms with Crippen molar-refractivity contribution in [2.24, 2.45) is 5.92 Å². The van der Waals surface area contributed by atoms with Gasteiger partial charge in [-0.25, -0.2) is 4.79 Å². The molecule has 0 saturated heterocycles. The maximum Gasteiger partial charge on any atom is 0.338 e. The lowest BCUT2D eigenvalue weighted by Crippen LogP contribution is -2.34. The third kappa shape index (κ3) is 13.2. The van der Waals surface area contributed by atoms with Gasteiger partial charge in [-0.05, 0) is 43.7 Å². The van der Waals surface area contributed by atoms with Gasteiger partial charge in [0.25, 0.3) is 5.91 Å². The Labute approximate surface area is 209 Å². The largest absolute Gasteiger partial charge is 0.462 e. The van der Waals surface area contributed by atoms with Crippen LogP contribution in [0.5, 0.6) is 0 Å². The first kappa shape index (κ1) is 30.2. The Morgan fingerprint density at radius 3 is 1.76 bits per heavy atom. The Bertz CT molecular complexity index is 655. The molecule has 0 fully saturated rings. The summed E-state index contributed by atoms with van der Waals surface area (Å²) in [6, 6.07) is 7.16. The number of nitrogens with zero attached hydrogens (tertiary/aromatic N) is 1. The van der Waals surface area contributed by atoms with Crippen molar-refractivity contribution in [3.8, 4) is 0 Å². The second-order valence-corrected chi connectivity index (χ2v) is 10.0. The number of carbonyl (C=O) groups excluding carboxylic acids is 2. The minimum absolute atomic E-state index is 0.0307. The Morgan fingerprint density at radius 1 is 0.735 bits per heavy atom. The van der Waals surface area contributed by atoms with Crippen molar-refractivity contribution in [2.75, 3.05) is 19.7 Å². The molecule has 0 aromatic heterocycles. The summed E-state index contributed by atoms with van der Waals surface area (Å²) in [4.78, 5) is 28.3. The topological polar surface area (TPSA) is 46.6 Å². The molecule has 0 aliphatic heterocycles. The van der Waals surface area contributed by atoms with Crippen LogP contribution in [-0.2, 0) is 4.74 Å². The lowest BCUT2D eigenvalue weighted by atomic mass is 10.0. The van der Waals surface area contributed by atoms with Crippen LogP contribution in [0, 0.1) is 5.92 Å². The molecule has 0 N–H and O–H groups in total. The van der Waals surface area contributed by atoms with Crippen molar-refractivity contribution in [3.05, 3.63) is 35.4 Å². The average Bonchev–Trinajstić information content (AvgIpc) is 2.84. The molecule has 1 aromatic carbocycles. The fourth-order valence-electron chi connectivity index (χ4n) is 4.23. The van der Waals surface area contributed by atoms with Crippen LogP contribution in [0.2, 0.25) is 0 Å². The van der Waals surface area contributed by atoms with Crippen LogP contribution in [0.15, 0.2) is 24.3 Å². The van der Waals surface area contributed by atoms with E-state index in [1.54, 1.807) is 12.1 Å². The van der Waals surface area contributed by atoms with Crippen LogP contribution in [0.25, 0.3) is 0 Å². The molecule has 34 heavy (non-hydrogen) atoms. The number of ether oxygens (including phenoxy) is 1. The molecular weight excluding hydrogens is 422 g/mol. The van der Waals surface area contributed by atoms with Crippen molar-refractivity contribution in [1.82, 2.24) is 4.90 Å². The van der Waals surface area contributed by atoms with E-state index in [0.29, 0.717) is 23.7 Å². The van der Waals surface area contributed by atoms with Gasteiger partial charge in [-0.2, -0.15) is 0 Å². The molecule has 1 amide bonds.